The molecule has 3 rings (SSSR count). The van der Waals surface area contributed by atoms with Crippen molar-refractivity contribution in [1.29, 1.82) is 0 Å². The molecule has 17 heavy (non-hydrogen) atoms. The fraction of sp³-hybridized carbons (Fsp3) is 0.571. The molecule has 0 amide bonds. The first kappa shape index (κ1) is 11.1. The maximum absolute atomic E-state index is 9.72. The van der Waals surface area contributed by atoms with Crippen molar-refractivity contribution < 1.29 is 5.11 Å². The third kappa shape index (κ3) is 1.65. The Morgan fingerprint density at radius 2 is 2.24 bits per heavy atom. The van der Waals surface area contributed by atoms with E-state index in [0.717, 1.165) is 13.1 Å². The molecule has 3 nitrogen and oxygen atoms in total. The number of hydrogen-bond donors (Lipinski definition) is 2. The topological polar surface area (TPSA) is 35.5 Å². The summed E-state index contributed by atoms with van der Waals surface area (Å²) in [6, 6.07) is 9.08. The summed E-state index contributed by atoms with van der Waals surface area (Å²) in [5, 5.41) is 13.2. The summed E-state index contributed by atoms with van der Waals surface area (Å²) in [7, 11) is 2.19. The molecule has 3 atom stereocenters. The van der Waals surface area contributed by atoms with Crippen LogP contribution >= 0.6 is 0 Å². The monoisotopic (exact) mass is 232 g/mol. The van der Waals surface area contributed by atoms with E-state index in [2.05, 4.69) is 41.5 Å². The van der Waals surface area contributed by atoms with Crippen molar-refractivity contribution in [3.8, 4) is 0 Å². The highest BCUT2D eigenvalue weighted by molar-refractivity contribution is 5.58. The molecule has 1 saturated heterocycles. The van der Waals surface area contributed by atoms with Crippen molar-refractivity contribution in [2.45, 2.75) is 18.4 Å². The van der Waals surface area contributed by atoms with E-state index in [1.807, 2.05) is 0 Å². The van der Waals surface area contributed by atoms with Gasteiger partial charge in [-0.05, 0) is 24.6 Å². The Morgan fingerprint density at radius 3 is 3.06 bits per heavy atom. The smallest absolute Gasteiger partial charge is 0.0504 e. The van der Waals surface area contributed by atoms with Crippen LogP contribution < -0.4 is 10.2 Å². The lowest BCUT2D eigenvalue weighted by atomic mass is 9.74. The largest absolute Gasteiger partial charge is 0.396 e. The first-order valence-electron chi connectivity index (χ1n) is 6.46. The molecule has 3 heteroatoms. The number of hydrogen-bond acceptors (Lipinski definition) is 3. The zero-order valence-corrected chi connectivity index (χ0v) is 10.3. The summed E-state index contributed by atoms with van der Waals surface area (Å²) in [5.41, 5.74) is 2.61. The molecule has 0 aliphatic carbocycles. The summed E-state index contributed by atoms with van der Waals surface area (Å²) < 4.78 is 0. The van der Waals surface area contributed by atoms with Crippen LogP contribution in [-0.2, 0) is 0 Å². The number of aliphatic hydroxyl groups is 1. The summed E-state index contributed by atoms with van der Waals surface area (Å²) >= 11 is 0. The first-order chi connectivity index (χ1) is 8.33. The minimum Gasteiger partial charge on any atom is -0.396 e. The number of piperidine rings is 1. The third-order valence-electron chi connectivity index (χ3n) is 4.42. The van der Waals surface area contributed by atoms with Gasteiger partial charge < -0.3 is 15.3 Å². The quantitative estimate of drug-likeness (QED) is 0.763. The van der Waals surface area contributed by atoms with Gasteiger partial charge in [-0.1, -0.05) is 18.2 Å². The van der Waals surface area contributed by atoms with E-state index in [1.165, 1.54) is 17.7 Å². The second-order valence-corrected chi connectivity index (χ2v) is 5.18. The fourth-order valence-electron chi connectivity index (χ4n) is 3.53. The van der Waals surface area contributed by atoms with Crippen LogP contribution in [0, 0.1) is 5.92 Å². The van der Waals surface area contributed by atoms with Gasteiger partial charge in [0, 0.05) is 37.2 Å². The summed E-state index contributed by atoms with van der Waals surface area (Å²) in [4.78, 5) is 2.41. The SMILES string of the molecule is CN1c2ccccc2C(CO)C2CNCCC21. The van der Waals surface area contributed by atoms with E-state index in [4.69, 9.17) is 0 Å². The van der Waals surface area contributed by atoms with Gasteiger partial charge in [-0.3, -0.25) is 0 Å². The van der Waals surface area contributed by atoms with Crippen molar-refractivity contribution >= 4 is 5.69 Å². The number of rotatable bonds is 1. The lowest BCUT2D eigenvalue weighted by Crippen LogP contribution is -2.54. The minimum atomic E-state index is 0.258. The maximum atomic E-state index is 9.72. The van der Waals surface area contributed by atoms with Gasteiger partial charge in [0.05, 0.1) is 6.61 Å². The summed E-state index contributed by atoms with van der Waals surface area (Å²) in [5.74, 6) is 0.828. The van der Waals surface area contributed by atoms with Gasteiger partial charge in [0.25, 0.3) is 0 Å². The molecular formula is C14H20N2O. The van der Waals surface area contributed by atoms with Crippen molar-refractivity contribution in [3.63, 3.8) is 0 Å². The Kier molecular flexibility index (Phi) is 2.81. The molecule has 1 fully saturated rings. The van der Waals surface area contributed by atoms with Crippen LogP contribution in [0.25, 0.3) is 0 Å². The van der Waals surface area contributed by atoms with Crippen LogP contribution in [0.15, 0.2) is 24.3 Å². The number of fused-ring (bicyclic) bond motifs is 2. The molecule has 92 valence electrons. The molecule has 1 aromatic carbocycles. The zero-order valence-electron chi connectivity index (χ0n) is 10.3. The Bertz CT molecular complexity index is 407. The molecule has 0 bridgehead atoms. The third-order valence-corrected chi connectivity index (χ3v) is 4.42. The highest BCUT2D eigenvalue weighted by Crippen LogP contribution is 2.42. The van der Waals surface area contributed by atoms with Gasteiger partial charge in [-0.15, -0.1) is 0 Å². The number of aliphatic hydroxyl groups excluding tert-OH is 1. The number of benzene rings is 1. The molecule has 1 aromatic rings. The standard InChI is InChI=1S/C14H20N2O/c1-16-13-5-3-2-4-10(13)12(9-17)11-8-15-7-6-14(11)16/h2-5,11-12,14-15,17H,6-9H2,1H3. The van der Waals surface area contributed by atoms with E-state index < -0.39 is 0 Å². The van der Waals surface area contributed by atoms with Crippen molar-refractivity contribution in [1.82, 2.24) is 5.32 Å². The lowest BCUT2D eigenvalue weighted by molar-refractivity contribution is 0.178. The Hall–Kier alpha value is -1.06. The van der Waals surface area contributed by atoms with Gasteiger partial charge in [-0.2, -0.15) is 0 Å². The van der Waals surface area contributed by atoms with Crippen LogP contribution in [0.5, 0.6) is 0 Å². The Balaban J connectivity index is 2.06. The molecule has 2 aliphatic rings. The van der Waals surface area contributed by atoms with E-state index in [0.29, 0.717) is 17.9 Å². The van der Waals surface area contributed by atoms with Gasteiger partial charge >= 0.3 is 0 Å². The van der Waals surface area contributed by atoms with Crippen LogP contribution in [0.1, 0.15) is 17.9 Å². The van der Waals surface area contributed by atoms with Crippen LogP contribution in [0.2, 0.25) is 0 Å². The van der Waals surface area contributed by atoms with E-state index in [9.17, 15) is 5.11 Å². The summed E-state index contributed by atoms with van der Waals surface area (Å²) in [6.45, 7) is 2.37. The van der Waals surface area contributed by atoms with Gasteiger partial charge in [0.15, 0.2) is 0 Å². The molecule has 0 saturated carbocycles. The van der Waals surface area contributed by atoms with Gasteiger partial charge in [-0.25, -0.2) is 0 Å². The molecule has 0 radical (unpaired) electrons. The van der Waals surface area contributed by atoms with E-state index in [1.54, 1.807) is 0 Å². The molecule has 2 aliphatic heterocycles. The Morgan fingerprint density at radius 1 is 1.41 bits per heavy atom. The second-order valence-electron chi connectivity index (χ2n) is 5.18. The predicted octanol–water partition coefficient (Wildman–Crippen LogP) is 1.19. The molecule has 0 aromatic heterocycles. The average molecular weight is 232 g/mol. The minimum absolute atomic E-state index is 0.258. The van der Waals surface area contributed by atoms with Crippen LogP contribution in [0.4, 0.5) is 5.69 Å². The van der Waals surface area contributed by atoms with Crippen molar-refractivity contribution in [2.24, 2.45) is 5.92 Å². The Labute approximate surface area is 102 Å². The van der Waals surface area contributed by atoms with E-state index in [-0.39, 0.29) is 6.61 Å². The highest BCUT2D eigenvalue weighted by Gasteiger charge is 2.40. The molecule has 2 N–H and O–H groups in total. The highest BCUT2D eigenvalue weighted by atomic mass is 16.3. The number of nitrogens with zero attached hydrogens (tertiary/aromatic N) is 1. The predicted molar refractivity (Wildman–Crippen MR) is 69.4 cm³/mol. The number of anilines is 1. The summed E-state index contributed by atoms with van der Waals surface area (Å²) in [6.07, 6.45) is 1.17. The number of nitrogens with one attached hydrogen (secondary N) is 1. The second kappa shape index (κ2) is 4.31. The van der Waals surface area contributed by atoms with Crippen molar-refractivity contribution in [3.05, 3.63) is 29.8 Å². The van der Waals surface area contributed by atoms with Crippen LogP contribution in [0.3, 0.4) is 0 Å². The average Bonchev–Trinajstić information content (AvgIpc) is 2.40. The molecule has 2 heterocycles. The maximum Gasteiger partial charge on any atom is 0.0504 e. The first-order valence-corrected chi connectivity index (χ1v) is 6.46. The normalized spacial score (nSPS) is 31.9. The molecule has 3 unspecified atom stereocenters. The lowest BCUT2D eigenvalue weighted by Gasteiger charge is -2.48. The van der Waals surface area contributed by atoms with Crippen molar-refractivity contribution in [2.75, 3.05) is 31.6 Å². The number of para-hydroxylation sites is 1. The van der Waals surface area contributed by atoms with Crippen LogP contribution in [-0.4, -0.2) is 37.9 Å². The van der Waals surface area contributed by atoms with E-state index >= 15 is 0 Å². The zero-order chi connectivity index (χ0) is 11.8. The fourth-order valence-corrected chi connectivity index (χ4v) is 3.53. The van der Waals surface area contributed by atoms with Gasteiger partial charge in [0.2, 0.25) is 0 Å². The molecule has 0 spiro atoms. The molecular weight excluding hydrogens is 212 g/mol. The van der Waals surface area contributed by atoms with Gasteiger partial charge in [0.1, 0.15) is 0 Å².